The van der Waals surface area contributed by atoms with Crippen LogP contribution in [0.4, 0.5) is 0 Å². The summed E-state index contributed by atoms with van der Waals surface area (Å²) < 4.78 is 11.6. The highest BCUT2D eigenvalue weighted by Crippen LogP contribution is 2.31. The van der Waals surface area contributed by atoms with Gasteiger partial charge in [0.25, 0.3) is 0 Å². The van der Waals surface area contributed by atoms with Crippen molar-refractivity contribution in [1.29, 1.82) is 0 Å². The lowest BCUT2D eigenvalue weighted by Crippen LogP contribution is -2.02. The number of hydrogen-bond acceptors (Lipinski definition) is 4. The van der Waals surface area contributed by atoms with Gasteiger partial charge in [-0.05, 0) is 35.7 Å². The molecule has 0 radical (unpaired) electrons. The van der Waals surface area contributed by atoms with Crippen LogP contribution in [0.15, 0.2) is 48.5 Å². The Morgan fingerprint density at radius 2 is 1.81 bits per heavy atom. The van der Waals surface area contributed by atoms with Gasteiger partial charge in [-0.15, -0.1) is 11.3 Å². The van der Waals surface area contributed by atoms with Gasteiger partial charge < -0.3 is 9.47 Å². The number of ether oxygens (including phenoxy) is 2. The first-order valence-corrected chi connectivity index (χ1v) is 7.30. The van der Waals surface area contributed by atoms with Crippen LogP contribution in [0.25, 0.3) is 10.1 Å². The van der Waals surface area contributed by atoms with Crippen LogP contribution in [0, 0.1) is 0 Å². The molecule has 0 fully saturated rings. The molecule has 0 bridgehead atoms. The maximum Gasteiger partial charge on any atom is 0.206 e. The Balaban J connectivity index is 2.08. The van der Waals surface area contributed by atoms with E-state index in [0.29, 0.717) is 21.9 Å². The molecule has 0 amide bonds. The average molecular weight is 298 g/mol. The topological polar surface area (TPSA) is 35.5 Å². The number of rotatable bonds is 4. The fourth-order valence-electron chi connectivity index (χ4n) is 2.22. The normalized spacial score (nSPS) is 10.6. The van der Waals surface area contributed by atoms with E-state index in [-0.39, 0.29) is 5.78 Å². The Morgan fingerprint density at radius 1 is 1.00 bits per heavy atom. The Hall–Kier alpha value is -2.33. The largest absolute Gasteiger partial charge is 0.497 e. The molecule has 0 aliphatic carbocycles. The Morgan fingerprint density at radius 3 is 2.52 bits per heavy atom. The summed E-state index contributed by atoms with van der Waals surface area (Å²) in [6, 6.07) is 15.1. The molecule has 0 saturated carbocycles. The van der Waals surface area contributed by atoms with E-state index in [0.717, 1.165) is 10.1 Å². The molecular weight excluding hydrogens is 284 g/mol. The standard InChI is InChI=1S/C17H14O3S/c1-19-12-7-8-14(20-2)13(10-12)17(18)16-9-11-5-3-4-6-15(11)21-16/h3-10H,1-2H3. The second-order valence-corrected chi connectivity index (χ2v) is 5.63. The van der Waals surface area contributed by atoms with Crippen LogP contribution in [0.3, 0.4) is 0 Å². The van der Waals surface area contributed by atoms with E-state index in [4.69, 9.17) is 9.47 Å². The summed E-state index contributed by atoms with van der Waals surface area (Å²) in [7, 11) is 3.14. The Bertz CT molecular complexity index is 772. The summed E-state index contributed by atoms with van der Waals surface area (Å²) >= 11 is 1.49. The highest BCUT2D eigenvalue weighted by Gasteiger charge is 2.18. The van der Waals surface area contributed by atoms with E-state index in [2.05, 4.69) is 0 Å². The van der Waals surface area contributed by atoms with Crippen molar-refractivity contribution in [3.63, 3.8) is 0 Å². The van der Waals surface area contributed by atoms with E-state index < -0.39 is 0 Å². The van der Waals surface area contributed by atoms with Crippen LogP contribution < -0.4 is 9.47 Å². The number of hydrogen-bond donors (Lipinski definition) is 0. The number of benzene rings is 2. The number of carbonyl (C=O) groups excluding carboxylic acids is 1. The van der Waals surface area contributed by atoms with E-state index in [1.165, 1.54) is 11.3 Å². The van der Waals surface area contributed by atoms with Crippen LogP contribution in [-0.4, -0.2) is 20.0 Å². The molecule has 0 aliphatic rings. The lowest BCUT2D eigenvalue weighted by atomic mass is 10.1. The number of carbonyl (C=O) groups is 1. The molecule has 0 saturated heterocycles. The summed E-state index contributed by atoms with van der Waals surface area (Å²) in [6.45, 7) is 0. The molecule has 0 unspecified atom stereocenters. The molecule has 2 aromatic carbocycles. The lowest BCUT2D eigenvalue weighted by molar-refractivity contribution is 0.103. The predicted molar refractivity (Wildman–Crippen MR) is 84.8 cm³/mol. The van der Waals surface area contributed by atoms with E-state index in [1.54, 1.807) is 32.4 Å². The number of fused-ring (bicyclic) bond motifs is 1. The quantitative estimate of drug-likeness (QED) is 0.679. The van der Waals surface area contributed by atoms with Crippen LogP contribution in [-0.2, 0) is 0 Å². The molecular formula is C17H14O3S. The highest BCUT2D eigenvalue weighted by molar-refractivity contribution is 7.21. The molecule has 4 heteroatoms. The van der Waals surface area contributed by atoms with Gasteiger partial charge in [-0.25, -0.2) is 0 Å². The molecule has 0 spiro atoms. The van der Waals surface area contributed by atoms with Crippen molar-refractivity contribution in [3.05, 3.63) is 59.0 Å². The second-order valence-electron chi connectivity index (χ2n) is 4.54. The SMILES string of the molecule is COc1ccc(OC)c(C(=O)c2cc3ccccc3s2)c1. The summed E-state index contributed by atoms with van der Waals surface area (Å²) in [5, 5.41) is 1.08. The van der Waals surface area contributed by atoms with Gasteiger partial charge in [-0.2, -0.15) is 0 Å². The maximum atomic E-state index is 12.7. The minimum atomic E-state index is -0.0491. The average Bonchev–Trinajstić information content (AvgIpc) is 2.97. The minimum Gasteiger partial charge on any atom is -0.497 e. The number of methoxy groups -OCH3 is 2. The third kappa shape index (κ3) is 2.50. The molecule has 0 N–H and O–H groups in total. The summed E-state index contributed by atoms with van der Waals surface area (Å²) in [5.41, 5.74) is 0.517. The minimum absolute atomic E-state index is 0.0491. The van der Waals surface area contributed by atoms with Crippen molar-refractivity contribution in [2.45, 2.75) is 0 Å². The van der Waals surface area contributed by atoms with Crippen LogP contribution >= 0.6 is 11.3 Å². The number of thiophene rings is 1. The van der Waals surface area contributed by atoms with Crippen LogP contribution in [0.2, 0.25) is 0 Å². The monoisotopic (exact) mass is 298 g/mol. The van der Waals surface area contributed by atoms with Gasteiger partial charge in [-0.1, -0.05) is 18.2 Å². The zero-order valence-electron chi connectivity index (χ0n) is 11.8. The highest BCUT2D eigenvalue weighted by atomic mass is 32.1. The fourth-order valence-corrected chi connectivity index (χ4v) is 3.23. The van der Waals surface area contributed by atoms with Crippen molar-refractivity contribution in [2.75, 3.05) is 14.2 Å². The summed E-state index contributed by atoms with van der Waals surface area (Å²) in [4.78, 5) is 13.4. The van der Waals surface area contributed by atoms with Gasteiger partial charge in [-0.3, -0.25) is 4.79 Å². The molecule has 1 aromatic heterocycles. The van der Waals surface area contributed by atoms with Crippen molar-refractivity contribution in [1.82, 2.24) is 0 Å². The zero-order valence-corrected chi connectivity index (χ0v) is 12.6. The zero-order chi connectivity index (χ0) is 14.8. The van der Waals surface area contributed by atoms with Crippen molar-refractivity contribution in [2.24, 2.45) is 0 Å². The lowest BCUT2D eigenvalue weighted by Gasteiger charge is -2.08. The predicted octanol–water partition coefficient (Wildman–Crippen LogP) is 4.15. The summed E-state index contributed by atoms with van der Waals surface area (Å²) in [6.07, 6.45) is 0. The van der Waals surface area contributed by atoms with Gasteiger partial charge in [0.15, 0.2) is 0 Å². The first kappa shape index (κ1) is 13.6. The molecule has 106 valence electrons. The molecule has 21 heavy (non-hydrogen) atoms. The molecule has 3 aromatic rings. The van der Waals surface area contributed by atoms with Crippen molar-refractivity contribution < 1.29 is 14.3 Å². The first-order chi connectivity index (χ1) is 10.2. The van der Waals surface area contributed by atoms with Crippen LogP contribution in [0.1, 0.15) is 15.2 Å². The third-order valence-corrected chi connectivity index (χ3v) is 4.42. The Kier molecular flexibility index (Phi) is 3.62. The molecule has 1 heterocycles. The molecule has 3 nitrogen and oxygen atoms in total. The van der Waals surface area contributed by atoms with Gasteiger partial charge >= 0.3 is 0 Å². The van der Waals surface area contributed by atoms with Crippen molar-refractivity contribution >= 4 is 27.2 Å². The summed E-state index contributed by atoms with van der Waals surface area (Å²) in [5.74, 6) is 1.14. The van der Waals surface area contributed by atoms with Gasteiger partial charge in [0.2, 0.25) is 5.78 Å². The molecule has 0 atom stereocenters. The molecule has 0 aliphatic heterocycles. The second kappa shape index (κ2) is 5.58. The van der Waals surface area contributed by atoms with Gasteiger partial charge in [0.1, 0.15) is 11.5 Å². The van der Waals surface area contributed by atoms with E-state index in [1.807, 2.05) is 30.3 Å². The smallest absolute Gasteiger partial charge is 0.206 e. The van der Waals surface area contributed by atoms with E-state index in [9.17, 15) is 4.79 Å². The molecule has 3 rings (SSSR count). The third-order valence-electron chi connectivity index (χ3n) is 3.30. The number of ketones is 1. The van der Waals surface area contributed by atoms with E-state index >= 15 is 0 Å². The fraction of sp³-hybridized carbons (Fsp3) is 0.118. The maximum absolute atomic E-state index is 12.7. The van der Waals surface area contributed by atoms with Gasteiger partial charge in [0.05, 0.1) is 24.7 Å². The van der Waals surface area contributed by atoms with Gasteiger partial charge in [0, 0.05) is 4.70 Å². The van der Waals surface area contributed by atoms with Crippen LogP contribution in [0.5, 0.6) is 11.5 Å². The Labute approximate surface area is 126 Å². The first-order valence-electron chi connectivity index (χ1n) is 6.48. The van der Waals surface area contributed by atoms with Crippen molar-refractivity contribution in [3.8, 4) is 11.5 Å².